The number of carbonyl (C=O) groups is 1. The topological polar surface area (TPSA) is 77.9 Å². The van der Waals surface area contributed by atoms with Gasteiger partial charge in [-0.3, -0.25) is 9.78 Å². The predicted octanol–water partition coefficient (Wildman–Crippen LogP) is 5.15. The van der Waals surface area contributed by atoms with Crippen LogP contribution >= 0.6 is 0 Å². The van der Waals surface area contributed by atoms with Crippen LogP contribution in [0.1, 0.15) is 62.9 Å². The van der Waals surface area contributed by atoms with Crippen LogP contribution in [0.15, 0.2) is 36.5 Å². The zero-order valence-electron chi connectivity index (χ0n) is 18.4. The number of halogens is 2. The lowest BCUT2D eigenvalue weighted by atomic mass is 10.0. The maximum absolute atomic E-state index is 13.0. The SMILES string of the molecule is CC.CC(C)c1ccc(CC(=O)NCc2cc(C=N)c(NCC(C)(F)F)cn2)cc1. The third-order valence-electron chi connectivity index (χ3n) is 4.22. The van der Waals surface area contributed by atoms with Gasteiger partial charge < -0.3 is 16.0 Å². The molecule has 0 aliphatic rings. The number of rotatable bonds is 9. The van der Waals surface area contributed by atoms with E-state index in [1.807, 2.05) is 38.1 Å². The minimum atomic E-state index is -2.86. The number of nitrogens with one attached hydrogen (secondary N) is 3. The fourth-order valence-corrected chi connectivity index (χ4v) is 2.59. The van der Waals surface area contributed by atoms with Gasteiger partial charge in [0.05, 0.1) is 37.1 Å². The first-order chi connectivity index (χ1) is 14.2. The predicted molar refractivity (Wildman–Crippen MR) is 119 cm³/mol. The van der Waals surface area contributed by atoms with Crippen molar-refractivity contribution >= 4 is 17.8 Å². The zero-order valence-corrected chi connectivity index (χ0v) is 18.4. The summed E-state index contributed by atoms with van der Waals surface area (Å²) >= 11 is 0. The van der Waals surface area contributed by atoms with E-state index in [0.29, 0.717) is 22.9 Å². The quantitative estimate of drug-likeness (QED) is 0.493. The molecule has 7 heteroatoms. The number of alkyl halides is 2. The van der Waals surface area contributed by atoms with Gasteiger partial charge in [-0.25, -0.2) is 8.78 Å². The number of benzene rings is 1. The summed E-state index contributed by atoms with van der Waals surface area (Å²) in [6.07, 6.45) is 2.73. The normalized spacial score (nSPS) is 10.8. The van der Waals surface area contributed by atoms with Crippen LogP contribution in [0.4, 0.5) is 14.5 Å². The second kappa shape index (κ2) is 12.0. The lowest BCUT2D eigenvalue weighted by molar-refractivity contribution is -0.120. The highest BCUT2D eigenvalue weighted by molar-refractivity contribution is 5.85. The van der Waals surface area contributed by atoms with E-state index in [9.17, 15) is 13.6 Å². The Balaban J connectivity index is 0.00000218. The minimum absolute atomic E-state index is 0.136. The van der Waals surface area contributed by atoms with Crippen LogP contribution in [-0.2, 0) is 17.8 Å². The highest BCUT2D eigenvalue weighted by Gasteiger charge is 2.21. The maximum Gasteiger partial charge on any atom is 0.262 e. The van der Waals surface area contributed by atoms with E-state index in [2.05, 4.69) is 29.5 Å². The molecule has 1 aromatic heterocycles. The lowest BCUT2D eigenvalue weighted by Crippen LogP contribution is -2.25. The number of anilines is 1. The summed E-state index contributed by atoms with van der Waals surface area (Å²) in [4.78, 5) is 16.3. The van der Waals surface area contributed by atoms with Crippen molar-refractivity contribution in [3.63, 3.8) is 0 Å². The summed E-state index contributed by atoms with van der Waals surface area (Å²) in [5.41, 5.74) is 3.50. The second-order valence-corrected chi connectivity index (χ2v) is 7.18. The first kappa shape index (κ1) is 25.2. The summed E-state index contributed by atoms with van der Waals surface area (Å²) in [5.74, 6) is -2.56. The van der Waals surface area contributed by atoms with E-state index in [-0.39, 0.29) is 18.9 Å². The van der Waals surface area contributed by atoms with Crippen molar-refractivity contribution in [2.75, 3.05) is 11.9 Å². The van der Waals surface area contributed by atoms with Crippen LogP contribution < -0.4 is 10.6 Å². The lowest BCUT2D eigenvalue weighted by Gasteiger charge is -2.14. The number of pyridine rings is 1. The molecule has 0 fully saturated rings. The summed E-state index contributed by atoms with van der Waals surface area (Å²) in [5, 5.41) is 12.8. The smallest absolute Gasteiger partial charge is 0.262 e. The van der Waals surface area contributed by atoms with Crippen LogP contribution in [-0.4, -0.2) is 29.6 Å². The molecule has 0 radical (unpaired) electrons. The number of hydrogen-bond donors (Lipinski definition) is 3. The Labute approximate surface area is 177 Å². The van der Waals surface area contributed by atoms with Gasteiger partial charge in [-0.1, -0.05) is 52.0 Å². The van der Waals surface area contributed by atoms with Gasteiger partial charge in [0, 0.05) is 18.7 Å². The Morgan fingerprint density at radius 2 is 1.87 bits per heavy atom. The van der Waals surface area contributed by atoms with E-state index in [1.165, 1.54) is 11.8 Å². The number of amides is 1. The molecule has 1 aromatic carbocycles. The van der Waals surface area contributed by atoms with Gasteiger partial charge in [0.1, 0.15) is 0 Å². The van der Waals surface area contributed by atoms with Gasteiger partial charge in [-0.05, 0) is 23.1 Å². The Bertz CT molecular complexity index is 815. The average Bonchev–Trinajstić information content (AvgIpc) is 2.72. The summed E-state index contributed by atoms with van der Waals surface area (Å²) in [6.45, 7) is 8.71. The van der Waals surface area contributed by atoms with Gasteiger partial charge >= 0.3 is 0 Å². The highest BCUT2D eigenvalue weighted by atomic mass is 19.3. The average molecular weight is 419 g/mol. The molecule has 0 aliphatic carbocycles. The standard InChI is InChI=1S/C21H26F2N4O.C2H6/c1-14(2)16-6-4-15(5-7-16)8-20(28)26-11-18-9-17(10-24)19(12-25-18)27-13-21(3,22)23;1-2/h4-7,9-10,12,14,24,27H,8,11,13H2,1-3H3,(H,26,28);1-2H3. The van der Waals surface area contributed by atoms with Crippen LogP contribution in [0.3, 0.4) is 0 Å². The number of nitrogens with zero attached hydrogens (tertiary/aromatic N) is 1. The molecule has 0 unspecified atom stereocenters. The van der Waals surface area contributed by atoms with Crippen LogP contribution in [0, 0.1) is 5.41 Å². The summed E-state index contributed by atoms with van der Waals surface area (Å²) < 4.78 is 26.0. The second-order valence-electron chi connectivity index (χ2n) is 7.18. The van der Waals surface area contributed by atoms with Crippen molar-refractivity contribution in [2.24, 2.45) is 0 Å². The van der Waals surface area contributed by atoms with Crippen LogP contribution in [0.5, 0.6) is 0 Å². The van der Waals surface area contributed by atoms with Gasteiger partial charge in [0.15, 0.2) is 0 Å². The van der Waals surface area contributed by atoms with Crippen molar-refractivity contribution in [3.8, 4) is 0 Å². The molecular weight excluding hydrogens is 386 g/mol. The van der Waals surface area contributed by atoms with Crippen LogP contribution in [0.2, 0.25) is 0 Å². The molecule has 1 amide bonds. The molecule has 1 heterocycles. The molecule has 0 aliphatic heterocycles. The fourth-order valence-electron chi connectivity index (χ4n) is 2.59. The van der Waals surface area contributed by atoms with E-state index in [0.717, 1.165) is 18.7 Å². The Morgan fingerprint density at radius 3 is 2.40 bits per heavy atom. The van der Waals surface area contributed by atoms with Crippen molar-refractivity contribution in [1.82, 2.24) is 10.3 Å². The molecule has 2 aromatic rings. The Kier molecular flexibility index (Phi) is 10.1. The third-order valence-corrected chi connectivity index (χ3v) is 4.22. The molecule has 0 saturated heterocycles. The van der Waals surface area contributed by atoms with Gasteiger partial charge in [-0.2, -0.15) is 0 Å². The van der Waals surface area contributed by atoms with E-state index < -0.39 is 12.5 Å². The molecule has 30 heavy (non-hydrogen) atoms. The monoisotopic (exact) mass is 418 g/mol. The maximum atomic E-state index is 13.0. The summed E-state index contributed by atoms with van der Waals surface area (Å²) in [6, 6.07) is 9.54. The number of aromatic nitrogens is 1. The zero-order chi connectivity index (χ0) is 22.7. The number of hydrogen-bond acceptors (Lipinski definition) is 4. The fraction of sp³-hybridized carbons (Fsp3) is 0.435. The van der Waals surface area contributed by atoms with Gasteiger partial charge in [0.2, 0.25) is 5.91 Å². The van der Waals surface area contributed by atoms with E-state index >= 15 is 0 Å². The van der Waals surface area contributed by atoms with Crippen molar-refractivity contribution < 1.29 is 13.6 Å². The molecule has 0 spiro atoms. The van der Waals surface area contributed by atoms with Crippen LogP contribution in [0.25, 0.3) is 0 Å². The Morgan fingerprint density at radius 1 is 1.23 bits per heavy atom. The largest absolute Gasteiger partial charge is 0.377 e. The first-order valence-corrected chi connectivity index (χ1v) is 10.1. The molecule has 164 valence electrons. The molecule has 0 saturated carbocycles. The molecule has 3 N–H and O–H groups in total. The minimum Gasteiger partial charge on any atom is -0.377 e. The molecule has 5 nitrogen and oxygen atoms in total. The third kappa shape index (κ3) is 8.68. The van der Waals surface area contributed by atoms with Gasteiger partial charge in [-0.15, -0.1) is 0 Å². The van der Waals surface area contributed by atoms with E-state index in [1.54, 1.807) is 6.07 Å². The van der Waals surface area contributed by atoms with Crippen molar-refractivity contribution in [1.29, 1.82) is 5.41 Å². The first-order valence-electron chi connectivity index (χ1n) is 10.1. The Hall–Kier alpha value is -2.83. The number of carbonyl (C=O) groups excluding carboxylic acids is 1. The van der Waals surface area contributed by atoms with Crippen molar-refractivity contribution in [2.45, 2.75) is 59.4 Å². The molecule has 0 bridgehead atoms. The molecule has 0 atom stereocenters. The molecular formula is C23H32F2N4O. The summed E-state index contributed by atoms with van der Waals surface area (Å²) in [7, 11) is 0. The van der Waals surface area contributed by atoms with E-state index in [4.69, 9.17) is 5.41 Å². The van der Waals surface area contributed by atoms with Crippen molar-refractivity contribution in [3.05, 3.63) is 58.9 Å². The van der Waals surface area contributed by atoms with Gasteiger partial charge in [0.25, 0.3) is 5.92 Å². The highest BCUT2D eigenvalue weighted by Crippen LogP contribution is 2.18. The molecule has 2 rings (SSSR count).